The molecule has 0 spiro atoms. The van der Waals surface area contributed by atoms with Crippen molar-refractivity contribution in [1.29, 1.82) is 0 Å². The summed E-state index contributed by atoms with van der Waals surface area (Å²) in [4.78, 5) is 25.4. The van der Waals surface area contributed by atoms with E-state index in [4.69, 9.17) is 0 Å². The summed E-state index contributed by atoms with van der Waals surface area (Å²) in [5.41, 5.74) is 1.71. The van der Waals surface area contributed by atoms with Gasteiger partial charge in [0.15, 0.2) is 0 Å². The fourth-order valence-electron chi connectivity index (χ4n) is 1.82. The highest BCUT2D eigenvalue weighted by atomic mass is 32.2. The van der Waals surface area contributed by atoms with Gasteiger partial charge in [-0.25, -0.2) is 0 Å². The molecule has 0 aliphatic heterocycles. The van der Waals surface area contributed by atoms with Crippen LogP contribution in [0.3, 0.4) is 0 Å². The number of carbonyl (C=O) groups excluding carboxylic acids is 2. The summed E-state index contributed by atoms with van der Waals surface area (Å²) in [5, 5.41) is 0. The summed E-state index contributed by atoms with van der Waals surface area (Å²) in [6, 6.07) is 7.46. The standard InChI is InChI=1S/C15H21NO3S/c1-11(2)16(9-14(17)19-3)15(18)13-7-5-6-12(8-13)10-20-4/h5-8,11H,9-10H2,1-4H3. The van der Waals surface area contributed by atoms with Gasteiger partial charge in [0.1, 0.15) is 6.54 Å². The van der Waals surface area contributed by atoms with Crippen molar-refractivity contribution < 1.29 is 14.3 Å². The van der Waals surface area contributed by atoms with E-state index in [2.05, 4.69) is 4.74 Å². The van der Waals surface area contributed by atoms with Crippen molar-refractivity contribution in [3.63, 3.8) is 0 Å². The maximum Gasteiger partial charge on any atom is 0.325 e. The molecule has 0 radical (unpaired) electrons. The van der Waals surface area contributed by atoms with E-state index in [0.717, 1.165) is 11.3 Å². The number of thioether (sulfide) groups is 1. The van der Waals surface area contributed by atoms with E-state index in [1.165, 1.54) is 12.0 Å². The number of amides is 1. The lowest BCUT2D eigenvalue weighted by Gasteiger charge is -2.25. The van der Waals surface area contributed by atoms with E-state index in [9.17, 15) is 9.59 Å². The molecule has 110 valence electrons. The third kappa shape index (κ3) is 4.56. The summed E-state index contributed by atoms with van der Waals surface area (Å²) in [5.74, 6) is 0.306. The average molecular weight is 295 g/mol. The maximum atomic E-state index is 12.5. The Balaban J connectivity index is 2.94. The molecule has 5 heteroatoms. The van der Waals surface area contributed by atoms with Gasteiger partial charge in [0.2, 0.25) is 0 Å². The molecule has 0 aromatic heterocycles. The Morgan fingerprint density at radius 3 is 2.60 bits per heavy atom. The van der Waals surface area contributed by atoms with Crippen LogP contribution in [0.5, 0.6) is 0 Å². The Labute approximate surface area is 124 Å². The summed E-state index contributed by atoms with van der Waals surface area (Å²) >= 11 is 1.71. The second-order valence-corrected chi connectivity index (χ2v) is 5.60. The van der Waals surface area contributed by atoms with E-state index in [1.807, 2.05) is 38.3 Å². The number of carbonyl (C=O) groups is 2. The van der Waals surface area contributed by atoms with Gasteiger partial charge in [0, 0.05) is 17.4 Å². The molecule has 0 saturated carbocycles. The molecule has 0 saturated heterocycles. The summed E-state index contributed by atoms with van der Waals surface area (Å²) < 4.78 is 4.64. The van der Waals surface area contributed by atoms with E-state index >= 15 is 0 Å². The molecule has 0 aliphatic rings. The minimum atomic E-state index is -0.410. The second kappa shape index (κ2) is 7.94. The molecule has 1 aromatic carbocycles. The fourth-order valence-corrected chi connectivity index (χ4v) is 2.33. The number of esters is 1. The third-order valence-corrected chi connectivity index (χ3v) is 3.52. The van der Waals surface area contributed by atoms with Crippen molar-refractivity contribution in [3.05, 3.63) is 35.4 Å². The zero-order chi connectivity index (χ0) is 15.1. The lowest BCUT2D eigenvalue weighted by Crippen LogP contribution is -2.41. The van der Waals surface area contributed by atoms with Gasteiger partial charge >= 0.3 is 5.97 Å². The van der Waals surface area contributed by atoms with Gasteiger partial charge in [-0.3, -0.25) is 9.59 Å². The quantitative estimate of drug-likeness (QED) is 0.757. The molecule has 0 bridgehead atoms. The van der Waals surface area contributed by atoms with E-state index < -0.39 is 5.97 Å². The molecule has 0 N–H and O–H groups in total. The van der Waals surface area contributed by atoms with Gasteiger partial charge in [-0.2, -0.15) is 11.8 Å². The largest absolute Gasteiger partial charge is 0.468 e. The first-order valence-electron chi connectivity index (χ1n) is 6.45. The number of benzene rings is 1. The number of rotatable bonds is 6. The van der Waals surface area contributed by atoms with Crippen molar-refractivity contribution in [2.24, 2.45) is 0 Å². The molecule has 0 atom stereocenters. The van der Waals surface area contributed by atoms with Crippen LogP contribution in [0.15, 0.2) is 24.3 Å². The summed E-state index contributed by atoms with van der Waals surface area (Å²) in [7, 11) is 1.32. The molecule has 0 heterocycles. The van der Waals surface area contributed by atoms with Crippen LogP contribution in [-0.4, -0.2) is 42.7 Å². The van der Waals surface area contributed by atoms with Crippen LogP contribution in [-0.2, 0) is 15.3 Å². The minimum absolute atomic E-state index is 0.0280. The van der Waals surface area contributed by atoms with Crippen molar-refractivity contribution in [2.45, 2.75) is 25.6 Å². The van der Waals surface area contributed by atoms with E-state index in [1.54, 1.807) is 17.8 Å². The Morgan fingerprint density at radius 1 is 1.35 bits per heavy atom. The zero-order valence-electron chi connectivity index (χ0n) is 12.4. The van der Waals surface area contributed by atoms with Crippen LogP contribution in [0.4, 0.5) is 0 Å². The first kappa shape index (κ1) is 16.6. The zero-order valence-corrected chi connectivity index (χ0v) is 13.2. The molecule has 1 amide bonds. The van der Waals surface area contributed by atoms with Crippen LogP contribution in [0.2, 0.25) is 0 Å². The van der Waals surface area contributed by atoms with Crippen LogP contribution in [0, 0.1) is 0 Å². The normalized spacial score (nSPS) is 10.4. The van der Waals surface area contributed by atoms with Gasteiger partial charge in [-0.15, -0.1) is 0 Å². The summed E-state index contributed by atoms with van der Waals surface area (Å²) in [6.07, 6.45) is 2.02. The molecule has 0 unspecified atom stereocenters. The first-order chi connectivity index (χ1) is 9.49. The van der Waals surface area contributed by atoms with Gasteiger partial charge < -0.3 is 9.64 Å². The van der Waals surface area contributed by atoms with Gasteiger partial charge in [0.25, 0.3) is 5.91 Å². The van der Waals surface area contributed by atoms with Crippen LogP contribution < -0.4 is 0 Å². The SMILES string of the molecule is COC(=O)CN(C(=O)c1cccc(CSC)c1)C(C)C. The Hall–Kier alpha value is -1.49. The van der Waals surface area contributed by atoms with Crippen molar-refractivity contribution in [1.82, 2.24) is 4.90 Å². The molecule has 20 heavy (non-hydrogen) atoms. The van der Waals surface area contributed by atoms with Crippen molar-refractivity contribution in [2.75, 3.05) is 19.9 Å². The number of hydrogen-bond donors (Lipinski definition) is 0. The Morgan fingerprint density at radius 2 is 2.05 bits per heavy atom. The number of hydrogen-bond acceptors (Lipinski definition) is 4. The highest BCUT2D eigenvalue weighted by Gasteiger charge is 2.21. The number of methoxy groups -OCH3 is 1. The Kier molecular flexibility index (Phi) is 6.58. The van der Waals surface area contributed by atoms with Crippen molar-refractivity contribution in [3.8, 4) is 0 Å². The number of nitrogens with zero attached hydrogens (tertiary/aromatic N) is 1. The average Bonchev–Trinajstić information content (AvgIpc) is 2.44. The molecular weight excluding hydrogens is 274 g/mol. The second-order valence-electron chi connectivity index (χ2n) is 4.74. The monoisotopic (exact) mass is 295 g/mol. The van der Waals surface area contributed by atoms with E-state index in [0.29, 0.717) is 5.56 Å². The molecule has 0 aliphatic carbocycles. The molecule has 0 fully saturated rings. The lowest BCUT2D eigenvalue weighted by atomic mass is 10.1. The predicted octanol–water partition coefficient (Wildman–Crippen LogP) is 2.57. The van der Waals surface area contributed by atoms with Gasteiger partial charge in [-0.05, 0) is 37.8 Å². The highest BCUT2D eigenvalue weighted by Crippen LogP contribution is 2.14. The maximum absolute atomic E-state index is 12.5. The third-order valence-electron chi connectivity index (χ3n) is 2.90. The summed E-state index contributed by atoms with van der Waals surface area (Å²) in [6.45, 7) is 3.74. The molecule has 4 nitrogen and oxygen atoms in total. The smallest absolute Gasteiger partial charge is 0.325 e. The van der Waals surface area contributed by atoms with Gasteiger partial charge in [0.05, 0.1) is 7.11 Å². The van der Waals surface area contributed by atoms with E-state index in [-0.39, 0.29) is 18.5 Å². The fraction of sp³-hybridized carbons (Fsp3) is 0.467. The Bertz CT molecular complexity index is 474. The number of ether oxygens (including phenoxy) is 1. The first-order valence-corrected chi connectivity index (χ1v) is 7.84. The van der Waals surface area contributed by atoms with Crippen LogP contribution >= 0.6 is 11.8 Å². The minimum Gasteiger partial charge on any atom is -0.468 e. The van der Waals surface area contributed by atoms with Gasteiger partial charge in [-0.1, -0.05) is 12.1 Å². The predicted molar refractivity (Wildman–Crippen MR) is 81.8 cm³/mol. The van der Waals surface area contributed by atoms with Crippen LogP contribution in [0.1, 0.15) is 29.8 Å². The van der Waals surface area contributed by atoms with Crippen molar-refractivity contribution >= 4 is 23.6 Å². The van der Waals surface area contributed by atoms with Crippen LogP contribution in [0.25, 0.3) is 0 Å². The molecule has 1 rings (SSSR count). The topological polar surface area (TPSA) is 46.6 Å². The molecular formula is C15H21NO3S. The lowest BCUT2D eigenvalue weighted by molar-refractivity contribution is -0.141. The highest BCUT2D eigenvalue weighted by molar-refractivity contribution is 7.97. The molecule has 1 aromatic rings.